The Morgan fingerprint density at radius 3 is 2.50 bits per heavy atom. The van der Waals surface area contributed by atoms with Gasteiger partial charge in [0, 0.05) is 6.07 Å². The third-order valence-electron chi connectivity index (χ3n) is 2.43. The second-order valence-corrected chi connectivity index (χ2v) is 5.69. The Kier molecular flexibility index (Phi) is 4.11. The highest BCUT2D eigenvalue weighted by atomic mass is 32.2. The number of benzene rings is 1. The number of halogens is 2. The molecule has 1 aliphatic heterocycles. The summed E-state index contributed by atoms with van der Waals surface area (Å²) in [6.45, 7) is -0.525. The van der Waals surface area contributed by atoms with Crippen LogP contribution in [0.25, 0.3) is 0 Å². The minimum Gasteiger partial charge on any atom is -0.491 e. The minimum atomic E-state index is -5.50. The van der Waals surface area contributed by atoms with Crippen molar-refractivity contribution in [1.82, 2.24) is 0 Å². The molecule has 9 heteroatoms. The number of alkyl halides is 2. The van der Waals surface area contributed by atoms with Crippen LogP contribution in [0.5, 0.6) is 11.5 Å². The van der Waals surface area contributed by atoms with E-state index in [2.05, 4.69) is 4.74 Å². The van der Waals surface area contributed by atoms with Crippen molar-refractivity contribution in [3.05, 3.63) is 24.3 Å². The molecule has 2 rings (SSSR count). The van der Waals surface area contributed by atoms with Gasteiger partial charge in [-0.3, -0.25) is 4.55 Å². The molecule has 0 spiro atoms. The smallest absolute Gasteiger partial charge is 0.402 e. The molecule has 20 heavy (non-hydrogen) atoms. The summed E-state index contributed by atoms with van der Waals surface area (Å²) >= 11 is 0. The maximum Gasteiger partial charge on any atom is 0.402 e. The van der Waals surface area contributed by atoms with Gasteiger partial charge in [0.1, 0.15) is 24.2 Å². The van der Waals surface area contributed by atoms with Gasteiger partial charge in [-0.1, -0.05) is 6.07 Å². The van der Waals surface area contributed by atoms with E-state index < -0.39 is 22.0 Å². The molecule has 0 radical (unpaired) electrons. The van der Waals surface area contributed by atoms with Gasteiger partial charge < -0.3 is 14.2 Å². The molecule has 0 saturated carbocycles. The lowest BCUT2D eigenvalue weighted by Gasteiger charge is -2.14. The van der Waals surface area contributed by atoms with Crippen molar-refractivity contribution in [3.8, 4) is 11.5 Å². The quantitative estimate of drug-likeness (QED) is 0.604. The summed E-state index contributed by atoms with van der Waals surface area (Å²) in [5, 5.41) is -4.37. The average Bonchev–Trinajstić information content (AvgIpc) is 3.17. The van der Waals surface area contributed by atoms with E-state index in [1.165, 1.54) is 18.2 Å². The van der Waals surface area contributed by atoms with Crippen molar-refractivity contribution in [2.24, 2.45) is 0 Å². The van der Waals surface area contributed by atoms with E-state index in [0.29, 0.717) is 19.0 Å². The highest BCUT2D eigenvalue weighted by molar-refractivity contribution is 7.86. The number of hydrogen-bond acceptors (Lipinski definition) is 5. The number of ether oxygens (including phenoxy) is 3. The van der Waals surface area contributed by atoms with Gasteiger partial charge in [0.25, 0.3) is 0 Å². The van der Waals surface area contributed by atoms with Gasteiger partial charge in [0.05, 0.1) is 6.61 Å². The molecule has 112 valence electrons. The zero-order valence-electron chi connectivity index (χ0n) is 10.2. The lowest BCUT2D eigenvalue weighted by Crippen LogP contribution is -2.34. The van der Waals surface area contributed by atoms with E-state index in [0.717, 1.165) is 0 Å². The van der Waals surface area contributed by atoms with Crippen LogP contribution < -0.4 is 9.47 Å². The molecule has 0 bridgehead atoms. The zero-order chi connectivity index (χ0) is 14.8. The Morgan fingerprint density at radius 1 is 1.35 bits per heavy atom. The molecular formula is C11H12F2O6S. The predicted octanol–water partition coefficient (Wildman–Crippen LogP) is 1.32. The van der Waals surface area contributed by atoms with Crippen LogP contribution >= 0.6 is 0 Å². The first-order valence-electron chi connectivity index (χ1n) is 5.60. The van der Waals surface area contributed by atoms with Crippen LogP contribution in [0.15, 0.2) is 24.3 Å². The second kappa shape index (κ2) is 5.51. The van der Waals surface area contributed by atoms with Crippen LogP contribution in [0.1, 0.15) is 0 Å². The fraction of sp³-hybridized carbons (Fsp3) is 0.455. The van der Waals surface area contributed by atoms with Crippen molar-refractivity contribution in [1.29, 1.82) is 0 Å². The SMILES string of the molecule is O=S(=O)(O)C(F)(F)COc1cccc(OCC2CO2)c1. The number of hydrogen-bond donors (Lipinski definition) is 1. The monoisotopic (exact) mass is 310 g/mol. The summed E-state index contributed by atoms with van der Waals surface area (Å²) in [4.78, 5) is 0. The van der Waals surface area contributed by atoms with E-state index in [4.69, 9.17) is 14.0 Å². The standard InChI is InChI=1S/C11H12F2O6S/c12-11(13,20(14,15)16)7-19-9-3-1-2-8(4-9)17-5-10-6-18-10/h1-4,10H,5-7H2,(H,14,15,16). The molecule has 1 unspecified atom stereocenters. The van der Waals surface area contributed by atoms with Gasteiger partial charge in [0.15, 0.2) is 6.61 Å². The lowest BCUT2D eigenvalue weighted by molar-refractivity contribution is 0.0287. The van der Waals surface area contributed by atoms with Crippen molar-refractivity contribution >= 4 is 10.1 Å². The highest BCUT2D eigenvalue weighted by Crippen LogP contribution is 2.25. The third-order valence-corrected chi connectivity index (χ3v) is 3.30. The molecular weight excluding hydrogens is 298 g/mol. The highest BCUT2D eigenvalue weighted by Gasteiger charge is 2.45. The molecule has 1 atom stereocenters. The zero-order valence-corrected chi connectivity index (χ0v) is 11.0. The lowest BCUT2D eigenvalue weighted by atomic mass is 10.3. The van der Waals surface area contributed by atoms with Gasteiger partial charge in [-0.2, -0.15) is 17.2 Å². The second-order valence-electron chi connectivity index (χ2n) is 4.14. The first-order valence-corrected chi connectivity index (χ1v) is 7.04. The van der Waals surface area contributed by atoms with Gasteiger partial charge in [-0.05, 0) is 12.1 Å². The molecule has 1 aromatic rings. The molecule has 0 aliphatic carbocycles. The van der Waals surface area contributed by atoms with Gasteiger partial charge >= 0.3 is 15.4 Å². The summed E-state index contributed by atoms with van der Waals surface area (Å²) in [7, 11) is -5.50. The van der Waals surface area contributed by atoms with E-state index in [-0.39, 0.29) is 11.9 Å². The van der Waals surface area contributed by atoms with Crippen LogP contribution in [0.3, 0.4) is 0 Å². The molecule has 1 aliphatic rings. The van der Waals surface area contributed by atoms with Crippen molar-refractivity contribution in [2.45, 2.75) is 11.4 Å². The van der Waals surface area contributed by atoms with Crippen molar-refractivity contribution in [3.63, 3.8) is 0 Å². The molecule has 1 aromatic carbocycles. The normalized spacial score (nSPS) is 18.6. The maximum atomic E-state index is 13.0. The van der Waals surface area contributed by atoms with Crippen LogP contribution in [0.4, 0.5) is 8.78 Å². The number of epoxide rings is 1. The molecule has 1 fully saturated rings. The average molecular weight is 310 g/mol. The summed E-state index contributed by atoms with van der Waals surface area (Å²) in [5.41, 5.74) is 0. The van der Waals surface area contributed by atoms with Crippen LogP contribution in [-0.4, -0.2) is 44.1 Å². The molecule has 0 amide bonds. The predicted molar refractivity (Wildman–Crippen MR) is 63.7 cm³/mol. The van der Waals surface area contributed by atoms with Gasteiger partial charge in [-0.15, -0.1) is 0 Å². The Balaban J connectivity index is 1.93. The van der Waals surface area contributed by atoms with Crippen LogP contribution in [0, 0.1) is 0 Å². The Labute approximate surface area is 114 Å². The minimum absolute atomic E-state index is 0.00235. The molecule has 6 nitrogen and oxygen atoms in total. The van der Waals surface area contributed by atoms with E-state index in [9.17, 15) is 17.2 Å². The Morgan fingerprint density at radius 2 is 1.95 bits per heavy atom. The number of rotatable bonds is 7. The summed E-state index contributed by atoms with van der Waals surface area (Å²) < 4.78 is 70.0. The molecule has 1 heterocycles. The van der Waals surface area contributed by atoms with E-state index >= 15 is 0 Å². The first kappa shape index (κ1) is 14.9. The Hall–Kier alpha value is -1.45. The molecule has 0 aromatic heterocycles. The van der Waals surface area contributed by atoms with Crippen molar-refractivity contribution < 1.29 is 36.0 Å². The summed E-state index contributed by atoms with van der Waals surface area (Å²) in [5.74, 6) is 0.385. The van der Waals surface area contributed by atoms with Gasteiger partial charge in [0.2, 0.25) is 0 Å². The van der Waals surface area contributed by atoms with Crippen LogP contribution in [-0.2, 0) is 14.9 Å². The summed E-state index contributed by atoms with van der Waals surface area (Å²) in [6, 6.07) is 5.79. The van der Waals surface area contributed by atoms with Gasteiger partial charge in [-0.25, -0.2) is 0 Å². The van der Waals surface area contributed by atoms with E-state index in [1.54, 1.807) is 6.07 Å². The first-order chi connectivity index (χ1) is 9.28. The fourth-order valence-corrected chi connectivity index (χ4v) is 1.46. The third kappa shape index (κ3) is 4.02. The van der Waals surface area contributed by atoms with Crippen LogP contribution in [0.2, 0.25) is 0 Å². The summed E-state index contributed by atoms with van der Waals surface area (Å²) in [6.07, 6.45) is 0.0449. The molecule has 1 N–H and O–H groups in total. The fourth-order valence-electron chi connectivity index (χ4n) is 1.25. The van der Waals surface area contributed by atoms with Crippen molar-refractivity contribution in [2.75, 3.05) is 19.8 Å². The van der Waals surface area contributed by atoms with E-state index in [1.807, 2.05) is 0 Å². The topological polar surface area (TPSA) is 85.4 Å². The maximum absolute atomic E-state index is 13.0. The molecule has 1 saturated heterocycles. The Bertz CT molecular complexity index is 570. The largest absolute Gasteiger partial charge is 0.491 e.